The lowest BCUT2D eigenvalue weighted by Gasteiger charge is -2.15. The first-order valence-corrected chi connectivity index (χ1v) is 9.76. The number of nitrogens with one attached hydrogen (secondary N) is 1. The predicted molar refractivity (Wildman–Crippen MR) is 121 cm³/mol. The summed E-state index contributed by atoms with van der Waals surface area (Å²) in [6.45, 7) is 6.15. The Hall–Kier alpha value is -3.93. The molecule has 148 valence electrons. The quantitative estimate of drug-likeness (QED) is 0.297. The monoisotopic (exact) mass is 396 g/mol. The molecule has 0 unspecified atom stereocenters. The maximum atomic E-state index is 11.3. The number of pyridine rings is 1. The molecule has 0 fully saturated rings. The van der Waals surface area contributed by atoms with Crippen molar-refractivity contribution in [3.8, 4) is 0 Å². The molecule has 2 heterocycles. The van der Waals surface area contributed by atoms with Crippen LogP contribution in [0.1, 0.15) is 16.8 Å². The number of aryl methyl sites for hydroxylation is 3. The summed E-state index contributed by atoms with van der Waals surface area (Å²) in [7, 11) is 0. The third-order valence-corrected chi connectivity index (χ3v) is 5.72. The molecule has 0 saturated heterocycles. The molecule has 30 heavy (non-hydrogen) atoms. The van der Waals surface area contributed by atoms with Crippen LogP contribution in [0.5, 0.6) is 0 Å². The second-order valence-electron chi connectivity index (χ2n) is 7.64. The van der Waals surface area contributed by atoms with E-state index in [4.69, 9.17) is 0 Å². The Morgan fingerprint density at radius 3 is 2.53 bits per heavy atom. The summed E-state index contributed by atoms with van der Waals surface area (Å²) in [5.74, 6) is 0. The van der Waals surface area contributed by atoms with E-state index >= 15 is 0 Å². The summed E-state index contributed by atoms with van der Waals surface area (Å²) in [4.78, 5) is 15.5. The highest BCUT2D eigenvalue weighted by Crippen LogP contribution is 2.34. The minimum atomic E-state index is -0.378. The standard InChI is InChI=1S/C24H20N4O2/c1-14-8-10-19-18-6-4-5-7-23(18)27(24(19)16(14)3)26-22-12-15(2)25-21-11-9-17(28(29)30)13-20(21)22/h4-13H,1-3H3,(H,25,26). The molecule has 5 aromatic rings. The van der Waals surface area contributed by atoms with E-state index < -0.39 is 0 Å². The minimum absolute atomic E-state index is 0.0467. The molecular weight excluding hydrogens is 376 g/mol. The predicted octanol–water partition coefficient (Wildman–Crippen LogP) is 6.05. The summed E-state index contributed by atoms with van der Waals surface area (Å²) in [6.07, 6.45) is 0. The minimum Gasteiger partial charge on any atom is -0.293 e. The van der Waals surface area contributed by atoms with Crippen molar-refractivity contribution in [3.63, 3.8) is 0 Å². The zero-order chi connectivity index (χ0) is 21.0. The van der Waals surface area contributed by atoms with E-state index in [9.17, 15) is 10.1 Å². The van der Waals surface area contributed by atoms with Gasteiger partial charge in [0, 0.05) is 34.0 Å². The first kappa shape index (κ1) is 18.1. The van der Waals surface area contributed by atoms with E-state index in [-0.39, 0.29) is 10.6 Å². The summed E-state index contributed by atoms with van der Waals surface area (Å²) >= 11 is 0. The van der Waals surface area contributed by atoms with Crippen molar-refractivity contribution in [2.24, 2.45) is 0 Å². The highest BCUT2D eigenvalue weighted by atomic mass is 16.6. The van der Waals surface area contributed by atoms with Crippen molar-refractivity contribution in [1.82, 2.24) is 9.66 Å². The average molecular weight is 396 g/mol. The molecule has 0 aliphatic heterocycles. The van der Waals surface area contributed by atoms with Crippen LogP contribution in [0.4, 0.5) is 11.4 Å². The lowest BCUT2D eigenvalue weighted by molar-refractivity contribution is -0.384. The molecule has 5 rings (SSSR count). The number of nitrogens with zero attached hydrogens (tertiary/aromatic N) is 3. The van der Waals surface area contributed by atoms with Gasteiger partial charge in [0.05, 0.1) is 27.2 Å². The molecule has 0 aliphatic carbocycles. The van der Waals surface area contributed by atoms with Crippen molar-refractivity contribution in [1.29, 1.82) is 0 Å². The Kier molecular flexibility index (Phi) is 3.96. The molecule has 3 aromatic carbocycles. The number of para-hydroxylation sites is 1. The Morgan fingerprint density at radius 1 is 0.933 bits per heavy atom. The molecule has 6 nitrogen and oxygen atoms in total. The molecule has 0 aliphatic rings. The van der Waals surface area contributed by atoms with Crippen molar-refractivity contribution < 1.29 is 4.92 Å². The van der Waals surface area contributed by atoms with Crippen molar-refractivity contribution in [3.05, 3.63) is 87.6 Å². The van der Waals surface area contributed by atoms with E-state index in [2.05, 4.69) is 53.2 Å². The van der Waals surface area contributed by atoms with Gasteiger partial charge in [-0.3, -0.25) is 25.2 Å². The number of aromatic nitrogens is 2. The van der Waals surface area contributed by atoms with E-state index in [1.807, 2.05) is 25.1 Å². The van der Waals surface area contributed by atoms with Crippen LogP contribution in [0.15, 0.2) is 60.7 Å². The van der Waals surface area contributed by atoms with Crippen LogP contribution in [0.25, 0.3) is 32.7 Å². The lowest BCUT2D eigenvalue weighted by atomic mass is 10.1. The third kappa shape index (κ3) is 2.69. The maximum Gasteiger partial charge on any atom is 0.270 e. The molecule has 0 amide bonds. The van der Waals surface area contributed by atoms with Gasteiger partial charge >= 0.3 is 0 Å². The fourth-order valence-electron chi connectivity index (χ4n) is 4.11. The smallest absolute Gasteiger partial charge is 0.270 e. The largest absolute Gasteiger partial charge is 0.293 e. The highest BCUT2D eigenvalue weighted by molar-refractivity contribution is 6.10. The Morgan fingerprint density at radius 2 is 1.73 bits per heavy atom. The van der Waals surface area contributed by atoms with E-state index in [0.717, 1.165) is 33.3 Å². The zero-order valence-electron chi connectivity index (χ0n) is 16.9. The van der Waals surface area contributed by atoms with Crippen LogP contribution in [0.2, 0.25) is 0 Å². The topological polar surface area (TPSA) is 73.0 Å². The van der Waals surface area contributed by atoms with Gasteiger partial charge in [-0.1, -0.05) is 30.3 Å². The van der Waals surface area contributed by atoms with Gasteiger partial charge in [0.1, 0.15) is 0 Å². The van der Waals surface area contributed by atoms with Crippen LogP contribution < -0.4 is 5.43 Å². The SMILES string of the molecule is Cc1cc(Nn2c3ccccc3c3ccc(C)c(C)c32)c2cc([N+](=O)[O-])ccc2n1. The zero-order valence-corrected chi connectivity index (χ0v) is 16.9. The Bertz CT molecular complexity index is 1480. The number of rotatable bonds is 3. The number of hydrogen-bond donors (Lipinski definition) is 1. The number of benzene rings is 3. The van der Waals surface area contributed by atoms with Crippen LogP contribution in [-0.2, 0) is 0 Å². The molecule has 6 heteroatoms. The normalized spacial score (nSPS) is 11.4. The van der Waals surface area contributed by atoms with Gasteiger partial charge in [-0.2, -0.15) is 0 Å². The Labute approximate surface area is 172 Å². The highest BCUT2D eigenvalue weighted by Gasteiger charge is 2.16. The van der Waals surface area contributed by atoms with Gasteiger partial charge in [0.15, 0.2) is 0 Å². The van der Waals surface area contributed by atoms with Gasteiger partial charge in [-0.15, -0.1) is 0 Å². The average Bonchev–Trinajstić information content (AvgIpc) is 3.04. The summed E-state index contributed by atoms with van der Waals surface area (Å²) < 4.78 is 2.08. The Balaban J connectivity index is 1.82. The van der Waals surface area contributed by atoms with E-state index in [1.165, 1.54) is 22.6 Å². The number of nitro groups is 1. The summed E-state index contributed by atoms with van der Waals surface area (Å²) in [5, 5.41) is 14.4. The van der Waals surface area contributed by atoms with Crippen molar-refractivity contribution >= 4 is 44.1 Å². The van der Waals surface area contributed by atoms with E-state index in [0.29, 0.717) is 5.39 Å². The molecule has 2 aromatic heterocycles. The number of fused-ring (bicyclic) bond motifs is 4. The van der Waals surface area contributed by atoms with Gasteiger partial charge < -0.3 is 0 Å². The van der Waals surface area contributed by atoms with Crippen LogP contribution in [0.3, 0.4) is 0 Å². The van der Waals surface area contributed by atoms with Gasteiger partial charge in [-0.25, -0.2) is 0 Å². The van der Waals surface area contributed by atoms with Gasteiger partial charge in [0.2, 0.25) is 0 Å². The van der Waals surface area contributed by atoms with Crippen LogP contribution in [-0.4, -0.2) is 14.6 Å². The molecular formula is C24H20N4O2. The number of hydrogen-bond acceptors (Lipinski definition) is 4. The fraction of sp³-hybridized carbons (Fsp3) is 0.125. The fourth-order valence-corrected chi connectivity index (χ4v) is 4.11. The van der Waals surface area contributed by atoms with Crippen LogP contribution >= 0.6 is 0 Å². The maximum absolute atomic E-state index is 11.3. The second kappa shape index (κ2) is 6.56. The summed E-state index contributed by atoms with van der Waals surface area (Å²) in [6, 6.07) is 19.2. The molecule has 0 spiro atoms. The van der Waals surface area contributed by atoms with Gasteiger partial charge in [-0.05, 0) is 50.1 Å². The third-order valence-electron chi connectivity index (χ3n) is 5.72. The molecule has 0 atom stereocenters. The van der Waals surface area contributed by atoms with Crippen molar-refractivity contribution in [2.45, 2.75) is 20.8 Å². The van der Waals surface area contributed by atoms with E-state index in [1.54, 1.807) is 12.1 Å². The first-order chi connectivity index (χ1) is 14.4. The second-order valence-corrected chi connectivity index (χ2v) is 7.64. The molecule has 1 N–H and O–H groups in total. The summed E-state index contributed by atoms with van der Waals surface area (Å²) in [5.41, 5.74) is 10.5. The lowest BCUT2D eigenvalue weighted by Crippen LogP contribution is -2.10. The van der Waals surface area contributed by atoms with Gasteiger partial charge in [0.25, 0.3) is 5.69 Å². The first-order valence-electron chi connectivity index (χ1n) is 9.76. The molecule has 0 bridgehead atoms. The molecule has 0 radical (unpaired) electrons. The number of anilines is 1. The molecule has 0 saturated carbocycles. The van der Waals surface area contributed by atoms with Crippen LogP contribution in [0, 0.1) is 30.9 Å². The number of non-ortho nitro benzene ring substituents is 1. The van der Waals surface area contributed by atoms with Crippen molar-refractivity contribution in [2.75, 3.05) is 5.43 Å². The number of nitro benzene ring substituents is 1.